The fourth-order valence-electron chi connectivity index (χ4n) is 1.46. The Kier molecular flexibility index (Phi) is 4.27. The molecule has 0 aliphatic heterocycles. The summed E-state index contributed by atoms with van der Waals surface area (Å²) in [7, 11) is 0. The van der Waals surface area contributed by atoms with E-state index < -0.39 is 5.97 Å². The Morgan fingerprint density at radius 3 is 2.50 bits per heavy atom. The van der Waals surface area contributed by atoms with Gasteiger partial charge in [-0.3, -0.25) is 4.79 Å². The van der Waals surface area contributed by atoms with E-state index in [1.54, 1.807) is 18.2 Å². The second-order valence-electron chi connectivity index (χ2n) is 4.07. The van der Waals surface area contributed by atoms with Gasteiger partial charge in [0.2, 0.25) is 0 Å². The van der Waals surface area contributed by atoms with E-state index in [2.05, 4.69) is 10.5 Å². The number of hydrazone groups is 1. The van der Waals surface area contributed by atoms with Gasteiger partial charge in [-0.25, -0.2) is 10.2 Å². The number of carbonyl (C=O) groups excluding carboxylic acids is 1. The molecule has 0 unspecified atom stereocenters. The molecule has 1 amide bonds. The number of hydrogen-bond acceptors (Lipinski definition) is 4. The van der Waals surface area contributed by atoms with Crippen molar-refractivity contribution in [2.24, 2.45) is 5.10 Å². The summed E-state index contributed by atoms with van der Waals surface area (Å²) in [5.74, 6) is -1.28. The minimum absolute atomic E-state index is 0.233. The normalized spacial score (nSPS) is 10.7. The minimum atomic E-state index is -0.974. The van der Waals surface area contributed by atoms with E-state index in [1.165, 1.54) is 12.3 Å². The first-order valence-corrected chi connectivity index (χ1v) is 6.61. The number of carboxylic acids is 1. The number of nitrogens with one attached hydrogen (secondary N) is 1. The molecule has 0 spiro atoms. The van der Waals surface area contributed by atoms with Crippen LogP contribution in [0.1, 0.15) is 30.5 Å². The highest BCUT2D eigenvalue weighted by Crippen LogP contribution is 2.14. The number of nitrogens with zero attached hydrogens (tertiary/aromatic N) is 1. The molecule has 0 saturated heterocycles. The topological polar surface area (TPSA) is 78.8 Å². The first-order chi connectivity index (χ1) is 9.56. The Balaban J connectivity index is 1.97. The van der Waals surface area contributed by atoms with Crippen molar-refractivity contribution < 1.29 is 14.7 Å². The zero-order valence-electron chi connectivity index (χ0n) is 10.7. The molecule has 1 aromatic carbocycles. The number of carboxylic acid groups (broad SMARTS) is 1. The fraction of sp³-hybridized carbons (Fsp3) is 0.0714. The van der Waals surface area contributed by atoms with Crippen LogP contribution in [0, 0.1) is 6.92 Å². The smallest absolute Gasteiger partial charge is 0.345 e. The molecular weight excluding hydrogens is 276 g/mol. The van der Waals surface area contributed by atoms with Gasteiger partial charge in [0, 0.05) is 10.4 Å². The number of hydrogen-bond donors (Lipinski definition) is 2. The zero-order chi connectivity index (χ0) is 14.5. The Hall–Kier alpha value is -2.47. The van der Waals surface area contributed by atoms with E-state index >= 15 is 0 Å². The Labute approximate surface area is 119 Å². The molecule has 0 aliphatic rings. The number of thiophene rings is 1. The number of aromatic carboxylic acids is 1. The molecule has 2 N–H and O–H groups in total. The highest BCUT2D eigenvalue weighted by molar-refractivity contribution is 7.15. The second kappa shape index (κ2) is 6.12. The molecule has 2 aromatic rings. The van der Waals surface area contributed by atoms with Crippen LogP contribution in [0.25, 0.3) is 0 Å². The second-order valence-corrected chi connectivity index (χ2v) is 5.19. The number of rotatable bonds is 4. The average Bonchev–Trinajstić information content (AvgIpc) is 2.88. The van der Waals surface area contributed by atoms with Crippen LogP contribution in [0.2, 0.25) is 0 Å². The molecule has 0 aliphatic carbocycles. The molecule has 0 bridgehead atoms. The SMILES string of the molecule is Cc1ccc(C(=O)N/N=C/c2ccc(C(=O)O)s2)cc1. The molecular formula is C14H12N2O3S. The van der Waals surface area contributed by atoms with Gasteiger partial charge in [-0.05, 0) is 31.2 Å². The van der Waals surface area contributed by atoms with Crippen molar-refractivity contribution in [1.82, 2.24) is 5.43 Å². The Morgan fingerprint density at radius 2 is 1.90 bits per heavy atom. The van der Waals surface area contributed by atoms with E-state index in [9.17, 15) is 9.59 Å². The van der Waals surface area contributed by atoms with Gasteiger partial charge in [-0.2, -0.15) is 5.10 Å². The van der Waals surface area contributed by atoms with Crippen LogP contribution in [-0.2, 0) is 0 Å². The summed E-state index contributed by atoms with van der Waals surface area (Å²) in [6.07, 6.45) is 1.42. The number of amides is 1. The monoisotopic (exact) mass is 288 g/mol. The quantitative estimate of drug-likeness (QED) is 0.670. The van der Waals surface area contributed by atoms with Gasteiger partial charge in [0.1, 0.15) is 4.88 Å². The molecule has 1 heterocycles. The lowest BCUT2D eigenvalue weighted by Crippen LogP contribution is -2.17. The maximum atomic E-state index is 11.7. The van der Waals surface area contributed by atoms with Crippen molar-refractivity contribution in [1.29, 1.82) is 0 Å². The largest absolute Gasteiger partial charge is 0.477 e. The van der Waals surface area contributed by atoms with Crippen LogP contribution in [0.4, 0.5) is 0 Å². The van der Waals surface area contributed by atoms with E-state index in [0.717, 1.165) is 16.9 Å². The molecule has 0 saturated carbocycles. The van der Waals surface area contributed by atoms with Crippen molar-refractivity contribution in [2.45, 2.75) is 6.92 Å². The summed E-state index contributed by atoms with van der Waals surface area (Å²) < 4.78 is 0. The van der Waals surface area contributed by atoms with Crippen LogP contribution in [0.3, 0.4) is 0 Å². The minimum Gasteiger partial charge on any atom is -0.477 e. The van der Waals surface area contributed by atoms with Crippen molar-refractivity contribution in [3.63, 3.8) is 0 Å². The number of benzene rings is 1. The lowest BCUT2D eigenvalue weighted by Gasteiger charge is -1.99. The fourth-order valence-corrected chi connectivity index (χ4v) is 2.18. The van der Waals surface area contributed by atoms with E-state index in [4.69, 9.17) is 5.11 Å². The van der Waals surface area contributed by atoms with Gasteiger partial charge in [0.15, 0.2) is 0 Å². The molecule has 0 fully saturated rings. The average molecular weight is 288 g/mol. The van der Waals surface area contributed by atoms with Gasteiger partial charge in [-0.15, -0.1) is 11.3 Å². The van der Waals surface area contributed by atoms with Crippen LogP contribution in [0.5, 0.6) is 0 Å². The summed E-state index contributed by atoms with van der Waals surface area (Å²) in [5.41, 5.74) is 3.99. The Bertz CT molecular complexity index is 659. The van der Waals surface area contributed by atoms with Gasteiger partial charge in [0.05, 0.1) is 6.21 Å². The molecule has 5 nitrogen and oxygen atoms in total. The first kappa shape index (κ1) is 14.0. The lowest BCUT2D eigenvalue weighted by molar-refractivity contribution is 0.0702. The maximum absolute atomic E-state index is 11.7. The standard InChI is InChI=1S/C14H12N2O3S/c1-9-2-4-10(5-3-9)13(17)16-15-8-11-6-7-12(20-11)14(18)19/h2-8H,1H3,(H,16,17)(H,18,19)/b15-8+. The summed E-state index contributed by atoms with van der Waals surface area (Å²) >= 11 is 1.09. The third-order valence-electron chi connectivity index (χ3n) is 2.51. The molecule has 6 heteroatoms. The van der Waals surface area contributed by atoms with E-state index in [1.807, 2.05) is 19.1 Å². The number of aryl methyl sites for hydroxylation is 1. The predicted octanol–water partition coefficient (Wildman–Crippen LogP) is 2.52. The van der Waals surface area contributed by atoms with Crippen molar-refractivity contribution in [3.8, 4) is 0 Å². The van der Waals surface area contributed by atoms with Crippen molar-refractivity contribution >= 4 is 29.4 Å². The van der Waals surface area contributed by atoms with Gasteiger partial charge in [-0.1, -0.05) is 17.7 Å². The summed E-state index contributed by atoms with van der Waals surface area (Å²) in [5, 5.41) is 12.6. The van der Waals surface area contributed by atoms with Crippen LogP contribution < -0.4 is 5.43 Å². The van der Waals surface area contributed by atoms with E-state index in [-0.39, 0.29) is 10.8 Å². The number of carbonyl (C=O) groups is 2. The summed E-state index contributed by atoms with van der Waals surface area (Å²) in [6, 6.07) is 10.3. The molecule has 20 heavy (non-hydrogen) atoms. The van der Waals surface area contributed by atoms with Crippen LogP contribution >= 0.6 is 11.3 Å². The van der Waals surface area contributed by atoms with Crippen LogP contribution in [-0.4, -0.2) is 23.2 Å². The van der Waals surface area contributed by atoms with Crippen molar-refractivity contribution in [3.05, 3.63) is 57.3 Å². The van der Waals surface area contributed by atoms with Crippen molar-refractivity contribution in [2.75, 3.05) is 0 Å². The molecule has 1 aromatic heterocycles. The summed E-state index contributed by atoms with van der Waals surface area (Å²) in [6.45, 7) is 1.94. The third kappa shape index (κ3) is 3.52. The van der Waals surface area contributed by atoms with E-state index in [0.29, 0.717) is 10.4 Å². The van der Waals surface area contributed by atoms with Crippen LogP contribution in [0.15, 0.2) is 41.5 Å². The molecule has 0 atom stereocenters. The highest BCUT2D eigenvalue weighted by atomic mass is 32.1. The third-order valence-corrected chi connectivity index (χ3v) is 3.52. The molecule has 0 radical (unpaired) electrons. The zero-order valence-corrected chi connectivity index (χ0v) is 11.5. The highest BCUT2D eigenvalue weighted by Gasteiger charge is 2.06. The first-order valence-electron chi connectivity index (χ1n) is 5.79. The lowest BCUT2D eigenvalue weighted by atomic mass is 10.1. The molecule has 102 valence electrons. The Morgan fingerprint density at radius 1 is 1.20 bits per heavy atom. The summed E-state index contributed by atoms with van der Waals surface area (Å²) in [4.78, 5) is 23.3. The van der Waals surface area contributed by atoms with Gasteiger partial charge in [0.25, 0.3) is 5.91 Å². The van der Waals surface area contributed by atoms with Gasteiger partial charge >= 0.3 is 5.97 Å². The van der Waals surface area contributed by atoms with Gasteiger partial charge < -0.3 is 5.11 Å². The maximum Gasteiger partial charge on any atom is 0.345 e. The molecule has 2 rings (SSSR count). The predicted molar refractivity (Wildman–Crippen MR) is 77.5 cm³/mol.